The number of aliphatic hydroxyl groups excluding tert-OH is 1. The summed E-state index contributed by atoms with van der Waals surface area (Å²) in [6, 6.07) is 7.94. The topological polar surface area (TPSA) is 101 Å². The highest BCUT2D eigenvalue weighted by Gasteiger charge is 2.23. The minimum atomic E-state index is -0.573. The summed E-state index contributed by atoms with van der Waals surface area (Å²) in [7, 11) is 1.80. The number of morpholine rings is 1. The van der Waals surface area contributed by atoms with Crippen molar-refractivity contribution in [2.24, 2.45) is 0 Å². The number of nitrogens with one attached hydrogen (secondary N) is 2. The average molecular weight is 444 g/mol. The summed E-state index contributed by atoms with van der Waals surface area (Å²) in [6.07, 6.45) is 0.390. The summed E-state index contributed by atoms with van der Waals surface area (Å²) in [5, 5.41) is 16.4. The van der Waals surface area contributed by atoms with Crippen LogP contribution in [0.25, 0.3) is 11.4 Å². The fourth-order valence-corrected chi connectivity index (χ4v) is 3.91. The van der Waals surface area contributed by atoms with Crippen molar-refractivity contribution in [1.29, 1.82) is 0 Å². The summed E-state index contributed by atoms with van der Waals surface area (Å²) in [5.74, 6) is 3.08. The van der Waals surface area contributed by atoms with Gasteiger partial charge >= 0.3 is 0 Å². The van der Waals surface area contributed by atoms with Gasteiger partial charge in [0.15, 0.2) is 5.82 Å². The molecule has 1 aromatic heterocycles. The van der Waals surface area contributed by atoms with Crippen molar-refractivity contribution in [3.05, 3.63) is 29.8 Å². The monoisotopic (exact) mass is 443 g/mol. The lowest BCUT2D eigenvalue weighted by atomic mass is 10.1. The van der Waals surface area contributed by atoms with E-state index < -0.39 is 6.10 Å². The van der Waals surface area contributed by atoms with E-state index in [2.05, 4.69) is 22.5 Å². The number of aromatic nitrogens is 2. The van der Waals surface area contributed by atoms with Crippen LogP contribution >= 0.6 is 0 Å². The van der Waals surface area contributed by atoms with Gasteiger partial charge in [0.1, 0.15) is 30.1 Å². The van der Waals surface area contributed by atoms with Crippen molar-refractivity contribution in [3.8, 4) is 17.1 Å². The smallest absolute Gasteiger partial charge is 0.164 e. The quantitative estimate of drug-likeness (QED) is 0.532. The minimum absolute atomic E-state index is 0.215. The van der Waals surface area contributed by atoms with Crippen molar-refractivity contribution in [2.45, 2.75) is 25.5 Å². The molecule has 0 saturated carbocycles. The van der Waals surface area contributed by atoms with Crippen LogP contribution in [0.2, 0.25) is 0 Å². The highest BCUT2D eigenvalue weighted by atomic mass is 16.5. The molecule has 174 valence electrons. The molecule has 0 bridgehead atoms. The number of rotatable bonds is 9. The molecule has 2 aliphatic rings. The molecule has 9 nitrogen and oxygen atoms in total. The number of aliphatic hydroxyl groups is 1. The summed E-state index contributed by atoms with van der Waals surface area (Å²) in [5.41, 5.74) is 1.90. The lowest BCUT2D eigenvalue weighted by Gasteiger charge is -2.30. The molecule has 2 aromatic rings. The van der Waals surface area contributed by atoms with Gasteiger partial charge in [-0.2, -0.15) is 0 Å². The Bertz CT molecular complexity index is 885. The number of benzene rings is 1. The van der Waals surface area contributed by atoms with Crippen LogP contribution in [0.3, 0.4) is 0 Å². The first-order valence-electron chi connectivity index (χ1n) is 11.3. The normalized spacial score (nSPS) is 19.7. The Morgan fingerprint density at radius 1 is 1.22 bits per heavy atom. The Hall–Kier alpha value is -2.46. The highest BCUT2D eigenvalue weighted by molar-refractivity contribution is 5.67. The molecule has 3 heterocycles. The first-order chi connectivity index (χ1) is 15.6. The number of ether oxygens (including phenoxy) is 3. The molecule has 0 amide bonds. The molecule has 32 heavy (non-hydrogen) atoms. The molecular formula is C23H33N5O4. The molecule has 2 aliphatic heterocycles. The Morgan fingerprint density at radius 3 is 2.81 bits per heavy atom. The lowest BCUT2D eigenvalue weighted by Crippen LogP contribution is -2.37. The molecular weight excluding hydrogens is 410 g/mol. The maximum Gasteiger partial charge on any atom is 0.164 e. The van der Waals surface area contributed by atoms with E-state index in [-0.39, 0.29) is 12.6 Å². The van der Waals surface area contributed by atoms with Crippen LogP contribution in [-0.4, -0.2) is 86.9 Å². The van der Waals surface area contributed by atoms with Crippen molar-refractivity contribution in [3.63, 3.8) is 0 Å². The predicted molar refractivity (Wildman–Crippen MR) is 124 cm³/mol. The third-order valence-electron chi connectivity index (χ3n) is 5.68. The van der Waals surface area contributed by atoms with Gasteiger partial charge in [-0.1, -0.05) is 12.1 Å². The van der Waals surface area contributed by atoms with Crippen LogP contribution in [-0.2, 0) is 9.47 Å². The van der Waals surface area contributed by atoms with Crippen LogP contribution in [0.1, 0.15) is 12.0 Å². The lowest BCUT2D eigenvalue weighted by molar-refractivity contribution is 0.108. The Balaban J connectivity index is 1.62. The van der Waals surface area contributed by atoms with Crippen molar-refractivity contribution in [2.75, 3.05) is 69.9 Å². The van der Waals surface area contributed by atoms with E-state index in [1.54, 1.807) is 7.05 Å². The molecule has 2 atom stereocenters. The third kappa shape index (κ3) is 5.66. The van der Waals surface area contributed by atoms with E-state index in [1.165, 1.54) is 0 Å². The van der Waals surface area contributed by atoms with Crippen LogP contribution < -0.4 is 20.3 Å². The van der Waals surface area contributed by atoms with Gasteiger partial charge in [-0.25, -0.2) is 9.97 Å². The largest absolute Gasteiger partial charge is 0.491 e. The zero-order valence-electron chi connectivity index (χ0n) is 18.8. The van der Waals surface area contributed by atoms with Crippen molar-refractivity contribution >= 4 is 11.6 Å². The van der Waals surface area contributed by atoms with Gasteiger partial charge in [-0.3, -0.25) is 0 Å². The maximum absolute atomic E-state index is 9.93. The Labute approximate surface area is 189 Å². The van der Waals surface area contributed by atoms with Crippen LogP contribution in [0.4, 0.5) is 11.6 Å². The van der Waals surface area contributed by atoms with E-state index >= 15 is 0 Å². The number of hydrogen-bond donors (Lipinski definition) is 3. The number of nitrogens with zero attached hydrogens (tertiary/aromatic N) is 3. The standard InChI is InChI=1S/C23H33N5O4/c1-16-21(25-18-6-9-31-14-18)26-22(27-23(16)28-7-10-30-11-8-28)17-4-3-5-20(12-17)32-15-19(29)13-24-2/h3-5,12,18-19,24,29H,6-11,13-15H2,1-2H3,(H,25,26,27). The summed E-state index contributed by atoms with van der Waals surface area (Å²) >= 11 is 0. The molecule has 1 aromatic carbocycles. The number of anilines is 2. The molecule has 4 rings (SSSR count). The van der Waals surface area contributed by atoms with E-state index in [0.29, 0.717) is 37.9 Å². The van der Waals surface area contributed by atoms with Gasteiger partial charge in [0.2, 0.25) is 0 Å². The fraction of sp³-hybridized carbons (Fsp3) is 0.565. The summed E-state index contributed by atoms with van der Waals surface area (Å²) in [6.45, 7) is 7.19. The van der Waals surface area contributed by atoms with Crippen LogP contribution in [0, 0.1) is 6.92 Å². The molecule has 0 spiro atoms. The SMILES string of the molecule is CNCC(O)COc1cccc(-c2nc(NC3CCOC3)c(C)c(N3CCOCC3)n2)c1. The van der Waals surface area contributed by atoms with E-state index in [4.69, 9.17) is 24.2 Å². The van der Waals surface area contributed by atoms with Gasteiger partial charge in [0, 0.05) is 37.4 Å². The second-order valence-electron chi connectivity index (χ2n) is 8.20. The van der Waals surface area contributed by atoms with E-state index in [0.717, 1.165) is 48.9 Å². The molecule has 9 heteroatoms. The van der Waals surface area contributed by atoms with Crippen LogP contribution in [0.15, 0.2) is 24.3 Å². The van der Waals surface area contributed by atoms with E-state index in [1.807, 2.05) is 24.3 Å². The van der Waals surface area contributed by atoms with Gasteiger partial charge in [-0.05, 0) is 32.5 Å². The van der Waals surface area contributed by atoms with E-state index in [9.17, 15) is 5.11 Å². The van der Waals surface area contributed by atoms with Crippen LogP contribution in [0.5, 0.6) is 5.75 Å². The summed E-state index contributed by atoms with van der Waals surface area (Å²) in [4.78, 5) is 12.1. The first-order valence-corrected chi connectivity index (χ1v) is 11.3. The van der Waals surface area contributed by atoms with Gasteiger partial charge < -0.3 is 34.9 Å². The fourth-order valence-electron chi connectivity index (χ4n) is 3.91. The van der Waals surface area contributed by atoms with Crippen molar-refractivity contribution < 1.29 is 19.3 Å². The minimum Gasteiger partial charge on any atom is -0.491 e. The predicted octanol–water partition coefficient (Wildman–Crippen LogP) is 1.45. The zero-order chi connectivity index (χ0) is 22.3. The summed E-state index contributed by atoms with van der Waals surface area (Å²) < 4.78 is 16.9. The number of hydrogen-bond acceptors (Lipinski definition) is 9. The molecule has 2 saturated heterocycles. The Morgan fingerprint density at radius 2 is 2.06 bits per heavy atom. The average Bonchev–Trinajstić information content (AvgIpc) is 3.33. The molecule has 0 radical (unpaired) electrons. The number of likely N-dealkylation sites (N-methyl/N-ethyl adjacent to an activating group) is 1. The molecule has 0 aliphatic carbocycles. The Kier molecular flexibility index (Phi) is 7.75. The molecule has 3 N–H and O–H groups in total. The van der Waals surface area contributed by atoms with Gasteiger partial charge in [-0.15, -0.1) is 0 Å². The van der Waals surface area contributed by atoms with Crippen molar-refractivity contribution in [1.82, 2.24) is 15.3 Å². The maximum atomic E-state index is 9.93. The molecule has 2 fully saturated rings. The highest BCUT2D eigenvalue weighted by Crippen LogP contribution is 2.30. The third-order valence-corrected chi connectivity index (χ3v) is 5.68. The van der Waals surface area contributed by atoms with Gasteiger partial charge in [0.25, 0.3) is 0 Å². The van der Waals surface area contributed by atoms with Gasteiger partial charge in [0.05, 0.1) is 25.9 Å². The second kappa shape index (κ2) is 10.9. The molecule has 2 unspecified atom stereocenters. The first kappa shape index (κ1) is 22.7. The zero-order valence-corrected chi connectivity index (χ0v) is 18.8. The second-order valence-corrected chi connectivity index (χ2v) is 8.20.